The number of anilines is 1. The molecule has 0 spiro atoms. The van der Waals surface area contributed by atoms with Gasteiger partial charge in [0.05, 0.1) is 18.6 Å². The fourth-order valence-electron chi connectivity index (χ4n) is 1.96. The number of hydrogen-bond donors (Lipinski definition) is 2. The molecule has 2 aromatic rings. The molecule has 0 atom stereocenters. The lowest BCUT2D eigenvalue weighted by molar-refractivity contribution is -0.118. The van der Waals surface area contributed by atoms with Crippen molar-refractivity contribution in [2.45, 2.75) is 6.54 Å². The molecule has 0 saturated heterocycles. The van der Waals surface area contributed by atoms with Crippen molar-refractivity contribution in [3.8, 4) is 5.75 Å². The summed E-state index contributed by atoms with van der Waals surface area (Å²) in [5.41, 5.74) is 1.49. The lowest BCUT2D eigenvalue weighted by atomic mass is 10.2. The largest absolute Gasteiger partial charge is 0.497 e. The van der Waals surface area contributed by atoms with Gasteiger partial charge in [0.15, 0.2) is 0 Å². The number of rotatable bonds is 8. The number of amides is 2. The molecule has 0 radical (unpaired) electrons. The minimum atomic E-state index is -0.360. The SMILES string of the molecule is COc1ccc(CNC(=O)CSCC(=O)Nc2ccc(F)cc2)cc1. The first-order valence-electron chi connectivity index (χ1n) is 7.59. The molecule has 0 bridgehead atoms. The molecule has 5 nitrogen and oxygen atoms in total. The third-order valence-corrected chi connectivity index (χ3v) is 4.18. The van der Waals surface area contributed by atoms with Crippen LogP contribution >= 0.6 is 11.8 Å². The zero-order valence-corrected chi connectivity index (χ0v) is 14.6. The molecule has 7 heteroatoms. The van der Waals surface area contributed by atoms with E-state index in [2.05, 4.69) is 10.6 Å². The Morgan fingerprint density at radius 1 is 1.00 bits per heavy atom. The van der Waals surface area contributed by atoms with Gasteiger partial charge in [-0.25, -0.2) is 4.39 Å². The minimum absolute atomic E-state index is 0.143. The Kier molecular flexibility index (Phi) is 7.28. The molecule has 2 N–H and O–H groups in total. The Labute approximate surface area is 150 Å². The van der Waals surface area contributed by atoms with Gasteiger partial charge in [0.1, 0.15) is 11.6 Å². The van der Waals surface area contributed by atoms with E-state index in [-0.39, 0.29) is 29.1 Å². The molecule has 25 heavy (non-hydrogen) atoms. The Hall–Kier alpha value is -2.54. The van der Waals surface area contributed by atoms with E-state index >= 15 is 0 Å². The predicted octanol–water partition coefficient (Wildman–Crippen LogP) is 2.82. The van der Waals surface area contributed by atoms with E-state index in [1.54, 1.807) is 7.11 Å². The van der Waals surface area contributed by atoms with Gasteiger partial charge in [-0.1, -0.05) is 12.1 Å². The molecule has 2 amide bonds. The molecule has 132 valence electrons. The summed E-state index contributed by atoms with van der Waals surface area (Å²) in [5.74, 6) is 0.356. The lowest BCUT2D eigenvalue weighted by Crippen LogP contribution is -2.25. The van der Waals surface area contributed by atoms with E-state index in [1.165, 1.54) is 36.0 Å². The van der Waals surface area contributed by atoms with Crippen LogP contribution in [0.3, 0.4) is 0 Å². The molecule has 0 aromatic heterocycles. The van der Waals surface area contributed by atoms with Crippen LogP contribution in [-0.2, 0) is 16.1 Å². The van der Waals surface area contributed by atoms with Crippen molar-refractivity contribution in [1.82, 2.24) is 5.32 Å². The second-order valence-corrected chi connectivity index (χ2v) is 6.16. The maximum absolute atomic E-state index is 12.8. The number of halogens is 1. The molecule has 0 aliphatic heterocycles. The van der Waals surface area contributed by atoms with Crippen LogP contribution in [0.4, 0.5) is 10.1 Å². The second-order valence-electron chi connectivity index (χ2n) is 5.17. The summed E-state index contributed by atoms with van der Waals surface area (Å²) >= 11 is 1.21. The van der Waals surface area contributed by atoms with Gasteiger partial charge in [0.25, 0.3) is 0 Å². The summed E-state index contributed by atoms with van der Waals surface area (Å²) in [5, 5.41) is 5.43. The smallest absolute Gasteiger partial charge is 0.234 e. The highest BCUT2D eigenvalue weighted by Crippen LogP contribution is 2.11. The number of thioether (sulfide) groups is 1. The molecule has 0 aliphatic carbocycles. The van der Waals surface area contributed by atoms with Gasteiger partial charge in [-0.05, 0) is 42.0 Å². The van der Waals surface area contributed by atoms with Gasteiger partial charge in [-0.2, -0.15) is 0 Å². The van der Waals surface area contributed by atoms with Gasteiger partial charge < -0.3 is 15.4 Å². The second kappa shape index (κ2) is 9.68. The highest BCUT2D eigenvalue weighted by Gasteiger charge is 2.06. The molecular formula is C18H19FN2O3S. The van der Waals surface area contributed by atoms with E-state index in [1.807, 2.05) is 24.3 Å². The third kappa shape index (κ3) is 6.84. The molecule has 0 heterocycles. The number of hydrogen-bond acceptors (Lipinski definition) is 4. The average Bonchev–Trinajstić information content (AvgIpc) is 2.62. The maximum Gasteiger partial charge on any atom is 0.234 e. The van der Waals surface area contributed by atoms with Crippen LogP contribution in [0.2, 0.25) is 0 Å². The van der Waals surface area contributed by atoms with Gasteiger partial charge in [-0.15, -0.1) is 11.8 Å². The van der Waals surface area contributed by atoms with Gasteiger partial charge in [0.2, 0.25) is 11.8 Å². The summed E-state index contributed by atoms with van der Waals surface area (Å²) in [6.07, 6.45) is 0. The molecule has 2 aromatic carbocycles. The number of methoxy groups -OCH3 is 1. The number of ether oxygens (including phenoxy) is 1. The maximum atomic E-state index is 12.8. The van der Waals surface area contributed by atoms with Crippen LogP contribution in [0.25, 0.3) is 0 Å². The lowest BCUT2D eigenvalue weighted by Gasteiger charge is -2.07. The van der Waals surface area contributed by atoms with Crippen molar-refractivity contribution in [3.05, 3.63) is 59.9 Å². The quantitative estimate of drug-likeness (QED) is 0.758. The summed E-state index contributed by atoms with van der Waals surface area (Å²) in [7, 11) is 1.60. The van der Waals surface area contributed by atoms with Crippen molar-refractivity contribution in [2.24, 2.45) is 0 Å². The molecule has 0 unspecified atom stereocenters. The van der Waals surface area contributed by atoms with Crippen LogP contribution in [0.5, 0.6) is 5.75 Å². The monoisotopic (exact) mass is 362 g/mol. The first-order chi connectivity index (χ1) is 12.1. The van der Waals surface area contributed by atoms with Crippen molar-refractivity contribution in [3.63, 3.8) is 0 Å². The Morgan fingerprint density at radius 3 is 2.28 bits per heavy atom. The zero-order chi connectivity index (χ0) is 18.1. The number of carbonyl (C=O) groups excluding carboxylic acids is 2. The van der Waals surface area contributed by atoms with Gasteiger partial charge in [-0.3, -0.25) is 9.59 Å². The van der Waals surface area contributed by atoms with Crippen LogP contribution in [0.15, 0.2) is 48.5 Å². The third-order valence-electron chi connectivity index (χ3n) is 3.24. The van der Waals surface area contributed by atoms with Crippen LogP contribution < -0.4 is 15.4 Å². The van der Waals surface area contributed by atoms with E-state index in [0.29, 0.717) is 12.2 Å². The van der Waals surface area contributed by atoms with Crippen LogP contribution in [-0.4, -0.2) is 30.4 Å². The highest BCUT2D eigenvalue weighted by molar-refractivity contribution is 8.00. The average molecular weight is 362 g/mol. The predicted molar refractivity (Wildman–Crippen MR) is 97.2 cm³/mol. The summed E-state index contributed by atoms with van der Waals surface area (Å²) in [6, 6.07) is 12.9. The Morgan fingerprint density at radius 2 is 1.64 bits per heavy atom. The first kappa shape index (κ1) is 18.8. The van der Waals surface area contributed by atoms with Crippen LogP contribution in [0, 0.1) is 5.82 Å². The number of benzene rings is 2. The van der Waals surface area contributed by atoms with E-state index < -0.39 is 0 Å². The van der Waals surface area contributed by atoms with Crippen molar-refractivity contribution in [2.75, 3.05) is 23.9 Å². The summed E-state index contributed by atoms with van der Waals surface area (Å²) < 4.78 is 17.9. The van der Waals surface area contributed by atoms with Crippen molar-refractivity contribution >= 4 is 29.3 Å². The topological polar surface area (TPSA) is 67.4 Å². The molecule has 2 rings (SSSR count). The Bertz CT molecular complexity index is 705. The van der Waals surface area contributed by atoms with Crippen molar-refractivity contribution in [1.29, 1.82) is 0 Å². The van der Waals surface area contributed by atoms with Crippen molar-refractivity contribution < 1.29 is 18.7 Å². The number of carbonyl (C=O) groups is 2. The molecular weight excluding hydrogens is 343 g/mol. The Balaban J connectivity index is 1.64. The summed E-state index contributed by atoms with van der Waals surface area (Å²) in [4.78, 5) is 23.5. The standard InChI is InChI=1S/C18H19FN2O3S/c1-24-16-8-2-13(3-9-16)10-20-17(22)11-25-12-18(23)21-15-6-4-14(19)5-7-15/h2-9H,10-12H2,1H3,(H,20,22)(H,21,23). The summed E-state index contributed by atoms with van der Waals surface area (Å²) in [6.45, 7) is 0.422. The minimum Gasteiger partial charge on any atom is -0.497 e. The molecule has 0 fully saturated rings. The van der Waals surface area contributed by atoms with E-state index in [9.17, 15) is 14.0 Å². The zero-order valence-electron chi connectivity index (χ0n) is 13.8. The fraction of sp³-hybridized carbons (Fsp3) is 0.222. The van der Waals surface area contributed by atoms with Crippen LogP contribution in [0.1, 0.15) is 5.56 Å². The van der Waals surface area contributed by atoms with Gasteiger partial charge in [0, 0.05) is 12.2 Å². The highest BCUT2D eigenvalue weighted by atomic mass is 32.2. The fourth-order valence-corrected chi connectivity index (χ4v) is 2.61. The molecule has 0 saturated carbocycles. The first-order valence-corrected chi connectivity index (χ1v) is 8.75. The normalized spacial score (nSPS) is 10.2. The van der Waals surface area contributed by atoms with E-state index in [0.717, 1.165) is 11.3 Å². The van der Waals surface area contributed by atoms with Gasteiger partial charge >= 0.3 is 0 Å². The van der Waals surface area contributed by atoms with E-state index in [4.69, 9.17) is 4.74 Å². The molecule has 0 aliphatic rings. The number of nitrogens with one attached hydrogen (secondary N) is 2.